The lowest BCUT2D eigenvalue weighted by molar-refractivity contribution is -0.120. The number of hydrogen-bond acceptors (Lipinski definition) is 2. The molecule has 0 unspecified atom stereocenters. The lowest BCUT2D eigenvalue weighted by Crippen LogP contribution is -2.38. The number of carbonyl (C=O) groups excluding carboxylic acids is 2. The lowest BCUT2D eigenvalue weighted by atomic mass is 10.1. The Kier molecular flexibility index (Phi) is 6.62. The van der Waals surface area contributed by atoms with Crippen LogP contribution in [0.4, 0.5) is 4.39 Å². The van der Waals surface area contributed by atoms with Gasteiger partial charge in [0.2, 0.25) is 5.91 Å². The number of hydrogen-bond donors (Lipinski definition) is 2. The number of carbonyl (C=O) groups is 2. The minimum Gasteiger partial charge on any atom is -0.348 e. The minimum absolute atomic E-state index is 0.0852. The third kappa shape index (κ3) is 4.96. The summed E-state index contributed by atoms with van der Waals surface area (Å²) >= 11 is 11.7. The molecule has 0 spiro atoms. The van der Waals surface area contributed by atoms with Gasteiger partial charge < -0.3 is 10.6 Å². The Morgan fingerprint density at radius 2 is 1.77 bits per heavy atom. The van der Waals surface area contributed by atoms with Gasteiger partial charge in [-0.3, -0.25) is 9.59 Å². The number of aryl methyl sites for hydroxylation is 2. The predicted molar refractivity (Wildman–Crippen MR) is 101 cm³/mol. The van der Waals surface area contributed by atoms with Gasteiger partial charge >= 0.3 is 0 Å². The molecule has 4 nitrogen and oxygen atoms in total. The van der Waals surface area contributed by atoms with Crippen LogP contribution in [0.25, 0.3) is 0 Å². The summed E-state index contributed by atoms with van der Waals surface area (Å²) in [6.07, 6.45) is 0. The molecule has 138 valence electrons. The second-order valence-electron chi connectivity index (χ2n) is 6.06. The van der Waals surface area contributed by atoms with Crippen molar-refractivity contribution in [3.05, 3.63) is 68.4 Å². The SMILES string of the molecule is Cc1ccc(C(=O)NCC(=O)N[C@@H](C)c2cc(F)c(Cl)cc2Cl)cc1C. The number of nitrogens with one attached hydrogen (secondary N) is 2. The molecule has 0 aliphatic carbocycles. The van der Waals surface area contributed by atoms with E-state index >= 15 is 0 Å². The maximum atomic E-state index is 13.6. The fourth-order valence-corrected chi connectivity index (χ4v) is 2.93. The Hall–Kier alpha value is -2.11. The van der Waals surface area contributed by atoms with Crippen molar-refractivity contribution in [3.63, 3.8) is 0 Å². The highest BCUT2D eigenvalue weighted by molar-refractivity contribution is 6.35. The molecule has 0 bridgehead atoms. The predicted octanol–water partition coefficient (Wildman–Crippen LogP) is 4.36. The van der Waals surface area contributed by atoms with Crippen LogP contribution in [0, 0.1) is 19.7 Å². The van der Waals surface area contributed by atoms with Gasteiger partial charge in [0.25, 0.3) is 5.91 Å². The summed E-state index contributed by atoms with van der Waals surface area (Å²) in [4.78, 5) is 24.2. The molecule has 1 atom stereocenters. The third-order valence-electron chi connectivity index (χ3n) is 4.06. The van der Waals surface area contributed by atoms with Crippen molar-refractivity contribution in [2.75, 3.05) is 6.54 Å². The molecular weight excluding hydrogens is 378 g/mol. The van der Waals surface area contributed by atoms with Crippen LogP contribution in [-0.4, -0.2) is 18.4 Å². The van der Waals surface area contributed by atoms with Crippen molar-refractivity contribution in [2.24, 2.45) is 0 Å². The summed E-state index contributed by atoms with van der Waals surface area (Å²) < 4.78 is 13.6. The molecule has 2 aromatic rings. The molecule has 0 heterocycles. The van der Waals surface area contributed by atoms with Gasteiger partial charge in [-0.1, -0.05) is 29.3 Å². The van der Waals surface area contributed by atoms with Gasteiger partial charge in [-0.05, 0) is 61.7 Å². The first-order valence-corrected chi connectivity index (χ1v) is 8.74. The van der Waals surface area contributed by atoms with Gasteiger partial charge in [-0.25, -0.2) is 4.39 Å². The van der Waals surface area contributed by atoms with E-state index in [1.807, 2.05) is 19.9 Å². The van der Waals surface area contributed by atoms with Crippen LogP contribution in [0.5, 0.6) is 0 Å². The Bertz CT molecular complexity index is 856. The standard InChI is InChI=1S/C19H19Cl2FN2O2/c1-10-4-5-13(6-11(10)2)19(26)23-9-18(25)24-12(3)14-7-17(22)16(21)8-15(14)20/h4-8,12H,9H2,1-3H3,(H,23,26)(H,24,25)/t12-/m0/s1. The second-order valence-corrected chi connectivity index (χ2v) is 6.87. The highest BCUT2D eigenvalue weighted by Gasteiger charge is 2.16. The van der Waals surface area contributed by atoms with E-state index in [9.17, 15) is 14.0 Å². The fourth-order valence-electron chi connectivity index (χ4n) is 2.39. The topological polar surface area (TPSA) is 58.2 Å². The second kappa shape index (κ2) is 8.52. The van der Waals surface area contributed by atoms with Gasteiger partial charge in [0.1, 0.15) is 5.82 Å². The van der Waals surface area contributed by atoms with Gasteiger partial charge in [0.15, 0.2) is 0 Å². The third-order valence-corrected chi connectivity index (χ3v) is 4.68. The molecule has 0 aliphatic rings. The van der Waals surface area contributed by atoms with Crippen LogP contribution in [0.3, 0.4) is 0 Å². The van der Waals surface area contributed by atoms with Crippen LogP contribution in [0.2, 0.25) is 10.0 Å². The monoisotopic (exact) mass is 396 g/mol. The normalized spacial score (nSPS) is 11.8. The first-order chi connectivity index (χ1) is 12.2. The van der Waals surface area contributed by atoms with Gasteiger partial charge in [-0.2, -0.15) is 0 Å². The lowest BCUT2D eigenvalue weighted by Gasteiger charge is -2.16. The van der Waals surface area contributed by atoms with Crippen molar-refractivity contribution >= 4 is 35.0 Å². The Morgan fingerprint density at radius 1 is 1.08 bits per heavy atom. The summed E-state index contributed by atoms with van der Waals surface area (Å²) in [5, 5.41) is 5.39. The van der Waals surface area contributed by atoms with E-state index in [-0.39, 0.29) is 22.5 Å². The van der Waals surface area contributed by atoms with Crippen molar-refractivity contribution < 1.29 is 14.0 Å². The molecule has 0 radical (unpaired) electrons. The maximum absolute atomic E-state index is 13.6. The minimum atomic E-state index is -0.616. The van der Waals surface area contributed by atoms with E-state index in [0.717, 1.165) is 11.1 Å². The summed E-state index contributed by atoms with van der Waals surface area (Å²) in [7, 11) is 0. The molecule has 0 aromatic heterocycles. The van der Waals surface area contributed by atoms with E-state index in [1.165, 1.54) is 12.1 Å². The Balaban J connectivity index is 1.95. The molecule has 2 amide bonds. The highest BCUT2D eigenvalue weighted by Crippen LogP contribution is 2.28. The van der Waals surface area contributed by atoms with Crippen molar-refractivity contribution in [1.29, 1.82) is 0 Å². The van der Waals surface area contributed by atoms with Crippen molar-refractivity contribution in [2.45, 2.75) is 26.8 Å². The quantitative estimate of drug-likeness (QED) is 0.737. The zero-order chi connectivity index (χ0) is 19.4. The molecule has 2 aromatic carbocycles. The van der Waals surface area contributed by atoms with E-state index < -0.39 is 17.8 Å². The first kappa shape index (κ1) is 20.2. The molecule has 0 aliphatic heterocycles. The molecular formula is C19H19Cl2FN2O2. The van der Waals surface area contributed by atoms with Crippen molar-refractivity contribution in [3.8, 4) is 0 Å². The van der Waals surface area contributed by atoms with Gasteiger partial charge in [0.05, 0.1) is 17.6 Å². The van der Waals surface area contributed by atoms with Crippen LogP contribution >= 0.6 is 23.2 Å². The molecule has 7 heteroatoms. The zero-order valence-corrected chi connectivity index (χ0v) is 16.1. The zero-order valence-electron chi connectivity index (χ0n) is 14.6. The number of halogens is 3. The molecule has 0 saturated heterocycles. The first-order valence-electron chi connectivity index (χ1n) is 7.98. The molecule has 0 fully saturated rings. The molecule has 2 N–H and O–H groups in total. The summed E-state index contributed by atoms with van der Waals surface area (Å²) in [5.41, 5.74) is 2.97. The molecule has 2 rings (SSSR count). The van der Waals surface area contributed by atoms with E-state index in [2.05, 4.69) is 10.6 Å². The van der Waals surface area contributed by atoms with Crippen LogP contribution in [-0.2, 0) is 4.79 Å². The van der Waals surface area contributed by atoms with Crippen LogP contribution in [0.1, 0.15) is 40.0 Å². The number of rotatable bonds is 5. The summed E-state index contributed by atoms with van der Waals surface area (Å²) in [6, 6.07) is 7.25. The van der Waals surface area contributed by atoms with Gasteiger partial charge in [-0.15, -0.1) is 0 Å². The number of amides is 2. The van der Waals surface area contributed by atoms with E-state index in [0.29, 0.717) is 11.1 Å². The smallest absolute Gasteiger partial charge is 0.251 e. The maximum Gasteiger partial charge on any atom is 0.251 e. The van der Waals surface area contributed by atoms with E-state index in [4.69, 9.17) is 23.2 Å². The fraction of sp³-hybridized carbons (Fsp3) is 0.263. The average Bonchev–Trinajstić information content (AvgIpc) is 2.58. The molecule has 26 heavy (non-hydrogen) atoms. The summed E-state index contributed by atoms with van der Waals surface area (Å²) in [5.74, 6) is -1.37. The number of benzene rings is 2. The largest absolute Gasteiger partial charge is 0.348 e. The highest BCUT2D eigenvalue weighted by atomic mass is 35.5. The van der Waals surface area contributed by atoms with E-state index in [1.54, 1.807) is 19.1 Å². The Labute approximate surface area is 161 Å². The van der Waals surface area contributed by atoms with Crippen LogP contribution in [0.15, 0.2) is 30.3 Å². The van der Waals surface area contributed by atoms with Gasteiger partial charge in [0, 0.05) is 10.6 Å². The average molecular weight is 397 g/mol. The Morgan fingerprint density at radius 3 is 2.42 bits per heavy atom. The van der Waals surface area contributed by atoms with Crippen molar-refractivity contribution in [1.82, 2.24) is 10.6 Å². The molecule has 0 saturated carbocycles. The van der Waals surface area contributed by atoms with Crippen LogP contribution < -0.4 is 10.6 Å². The summed E-state index contributed by atoms with van der Waals surface area (Å²) in [6.45, 7) is 5.33.